The molecule has 1 N–H and O–H groups in total. The van der Waals surface area contributed by atoms with Crippen LogP contribution < -0.4 is 5.32 Å². The van der Waals surface area contributed by atoms with Gasteiger partial charge in [0.2, 0.25) is 0 Å². The van der Waals surface area contributed by atoms with Crippen LogP contribution in [0.3, 0.4) is 0 Å². The van der Waals surface area contributed by atoms with Crippen LogP contribution in [0.1, 0.15) is 84.6 Å². The standard InChI is InChI=1S/C28H46N2O3/c1-5-32-22-28(17-16-23-12-8-6-9-13-23)18-20-30(21-19-28)25(27(2,3)4)33-26(31)29-24-14-10-7-11-15-24/h6,8-9,12-13,24-25H,5,7,10-11,14-22H2,1-4H3,(H,29,31). The molecule has 2 aliphatic rings. The molecule has 33 heavy (non-hydrogen) atoms. The Balaban J connectivity index is 1.59. The van der Waals surface area contributed by atoms with E-state index in [1.165, 1.54) is 24.8 Å². The van der Waals surface area contributed by atoms with Crippen molar-refractivity contribution in [2.24, 2.45) is 10.8 Å². The van der Waals surface area contributed by atoms with E-state index in [1.54, 1.807) is 0 Å². The molecule has 1 aliphatic carbocycles. The number of likely N-dealkylation sites (tertiary alicyclic amines) is 1. The van der Waals surface area contributed by atoms with Crippen LogP contribution in [0.2, 0.25) is 0 Å². The Labute approximate surface area is 201 Å². The van der Waals surface area contributed by atoms with Crippen LogP contribution in [0, 0.1) is 10.8 Å². The van der Waals surface area contributed by atoms with E-state index in [4.69, 9.17) is 9.47 Å². The van der Waals surface area contributed by atoms with Crippen molar-refractivity contribution in [2.45, 2.75) is 97.8 Å². The first-order valence-electron chi connectivity index (χ1n) is 13.1. The maximum absolute atomic E-state index is 12.8. The highest BCUT2D eigenvalue weighted by molar-refractivity contribution is 5.67. The summed E-state index contributed by atoms with van der Waals surface area (Å²) in [7, 11) is 0. The fraction of sp³-hybridized carbons (Fsp3) is 0.750. The highest BCUT2D eigenvalue weighted by atomic mass is 16.6. The first-order chi connectivity index (χ1) is 15.8. The highest BCUT2D eigenvalue weighted by Crippen LogP contribution is 2.39. The molecular formula is C28H46N2O3. The average Bonchev–Trinajstić information content (AvgIpc) is 2.81. The lowest BCUT2D eigenvalue weighted by atomic mass is 9.74. The molecule has 3 rings (SSSR count). The van der Waals surface area contributed by atoms with Gasteiger partial charge in [0.1, 0.15) is 0 Å². The zero-order valence-corrected chi connectivity index (χ0v) is 21.4. The quantitative estimate of drug-likeness (QED) is 0.481. The lowest BCUT2D eigenvalue weighted by Gasteiger charge is -2.47. The number of nitrogens with one attached hydrogen (secondary N) is 1. The molecule has 1 unspecified atom stereocenters. The minimum Gasteiger partial charge on any atom is -0.430 e. The third kappa shape index (κ3) is 7.99. The molecular weight excluding hydrogens is 412 g/mol. The summed E-state index contributed by atoms with van der Waals surface area (Å²) in [6.45, 7) is 12.0. The van der Waals surface area contributed by atoms with Crippen molar-refractivity contribution in [3.05, 3.63) is 35.9 Å². The number of hydrogen-bond acceptors (Lipinski definition) is 4. The third-order valence-corrected chi connectivity index (χ3v) is 7.48. The molecule has 1 aromatic rings. The van der Waals surface area contributed by atoms with Crippen molar-refractivity contribution in [2.75, 3.05) is 26.3 Å². The predicted octanol–water partition coefficient (Wildman–Crippen LogP) is 6.17. The van der Waals surface area contributed by atoms with Crippen LogP contribution in [-0.2, 0) is 15.9 Å². The number of amides is 1. The number of nitrogens with zero attached hydrogens (tertiary/aromatic N) is 1. The fourth-order valence-corrected chi connectivity index (χ4v) is 5.42. The van der Waals surface area contributed by atoms with Crippen LogP contribution in [0.15, 0.2) is 30.3 Å². The van der Waals surface area contributed by atoms with E-state index in [1.807, 2.05) is 0 Å². The molecule has 0 radical (unpaired) electrons. The van der Waals surface area contributed by atoms with Gasteiger partial charge in [0.25, 0.3) is 0 Å². The molecule has 1 amide bonds. The van der Waals surface area contributed by atoms with Gasteiger partial charge in [-0.25, -0.2) is 4.79 Å². The predicted molar refractivity (Wildman–Crippen MR) is 134 cm³/mol. The second-order valence-electron chi connectivity index (χ2n) is 11.3. The zero-order valence-electron chi connectivity index (χ0n) is 21.4. The van der Waals surface area contributed by atoms with Gasteiger partial charge in [0.15, 0.2) is 6.23 Å². The summed E-state index contributed by atoms with van der Waals surface area (Å²) in [6, 6.07) is 11.0. The SMILES string of the molecule is CCOCC1(CCc2ccccc2)CCN(C(OC(=O)NC2CCCCC2)C(C)(C)C)CC1. The second-order valence-corrected chi connectivity index (χ2v) is 11.3. The van der Waals surface area contributed by atoms with Gasteiger partial charge < -0.3 is 14.8 Å². The number of alkyl carbamates (subject to hydrolysis) is 1. The van der Waals surface area contributed by atoms with Crippen molar-refractivity contribution in [3.63, 3.8) is 0 Å². The van der Waals surface area contributed by atoms with Crippen LogP contribution in [-0.4, -0.2) is 49.6 Å². The van der Waals surface area contributed by atoms with Gasteiger partial charge in [0.05, 0.1) is 6.61 Å². The van der Waals surface area contributed by atoms with Crippen LogP contribution >= 0.6 is 0 Å². The van der Waals surface area contributed by atoms with Gasteiger partial charge in [0, 0.05) is 31.2 Å². The largest absolute Gasteiger partial charge is 0.430 e. The molecule has 0 bridgehead atoms. The van der Waals surface area contributed by atoms with E-state index >= 15 is 0 Å². The molecule has 186 valence electrons. The van der Waals surface area contributed by atoms with Crippen molar-refractivity contribution in [3.8, 4) is 0 Å². The van der Waals surface area contributed by atoms with E-state index in [0.29, 0.717) is 0 Å². The van der Waals surface area contributed by atoms with Gasteiger partial charge in [-0.05, 0) is 56.4 Å². The molecule has 1 heterocycles. The highest BCUT2D eigenvalue weighted by Gasteiger charge is 2.41. The Bertz CT molecular complexity index is 702. The Morgan fingerprint density at radius 1 is 1.12 bits per heavy atom. The normalized spacial score (nSPS) is 20.8. The molecule has 5 nitrogen and oxygen atoms in total. The number of rotatable bonds is 9. The Hall–Kier alpha value is -1.59. The number of hydrogen-bond donors (Lipinski definition) is 1. The third-order valence-electron chi connectivity index (χ3n) is 7.48. The molecule has 5 heteroatoms. The summed E-state index contributed by atoms with van der Waals surface area (Å²) in [4.78, 5) is 15.1. The summed E-state index contributed by atoms with van der Waals surface area (Å²) < 4.78 is 12.0. The van der Waals surface area contributed by atoms with E-state index in [2.05, 4.69) is 68.2 Å². The number of aryl methyl sites for hydroxylation is 1. The minimum atomic E-state index is -0.253. The number of benzene rings is 1. The second kappa shape index (κ2) is 12.2. The van der Waals surface area contributed by atoms with E-state index in [-0.39, 0.29) is 29.2 Å². The summed E-state index contributed by atoms with van der Waals surface area (Å²) in [5.74, 6) is 0. The van der Waals surface area contributed by atoms with Gasteiger partial charge in [-0.1, -0.05) is 70.4 Å². The van der Waals surface area contributed by atoms with Crippen LogP contribution in [0.5, 0.6) is 0 Å². The monoisotopic (exact) mass is 458 g/mol. The lowest BCUT2D eigenvalue weighted by molar-refractivity contribution is -0.108. The summed E-state index contributed by atoms with van der Waals surface area (Å²) >= 11 is 0. The Morgan fingerprint density at radius 2 is 1.79 bits per heavy atom. The first kappa shape index (κ1) is 26.0. The van der Waals surface area contributed by atoms with Gasteiger partial charge in [-0.15, -0.1) is 0 Å². The molecule has 2 fully saturated rings. The maximum Gasteiger partial charge on any atom is 0.408 e. The van der Waals surface area contributed by atoms with Gasteiger partial charge >= 0.3 is 6.09 Å². The molecule has 1 saturated heterocycles. The van der Waals surface area contributed by atoms with Gasteiger partial charge in [-0.3, -0.25) is 4.90 Å². The first-order valence-corrected chi connectivity index (χ1v) is 13.1. The zero-order chi connectivity index (χ0) is 23.7. The maximum atomic E-state index is 12.8. The minimum absolute atomic E-state index is 0.145. The number of ether oxygens (including phenoxy) is 2. The number of carbonyl (C=O) groups is 1. The van der Waals surface area contributed by atoms with Crippen LogP contribution in [0.4, 0.5) is 4.79 Å². The number of piperidine rings is 1. The molecule has 0 aromatic heterocycles. The fourth-order valence-electron chi connectivity index (χ4n) is 5.42. The smallest absolute Gasteiger partial charge is 0.408 e. The van der Waals surface area contributed by atoms with Crippen molar-refractivity contribution >= 4 is 6.09 Å². The lowest BCUT2D eigenvalue weighted by Crippen LogP contribution is -2.54. The Kier molecular flexibility index (Phi) is 9.63. The number of carbonyl (C=O) groups excluding carboxylic acids is 1. The van der Waals surface area contributed by atoms with E-state index < -0.39 is 0 Å². The van der Waals surface area contributed by atoms with Crippen LogP contribution in [0.25, 0.3) is 0 Å². The topological polar surface area (TPSA) is 50.8 Å². The van der Waals surface area contributed by atoms with E-state index in [9.17, 15) is 4.79 Å². The summed E-state index contributed by atoms with van der Waals surface area (Å²) in [6.07, 6.45) is 9.69. The summed E-state index contributed by atoms with van der Waals surface area (Å²) in [5.41, 5.74) is 1.44. The summed E-state index contributed by atoms with van der Waals surface area (Å²) in [5, 5.41) is 3.14. The van der Waals surface area contributed by atoms with Crippen molar-refractivity contribution in [1.82, 2.24) is 10.2 Å². The molecule has 0 spiro atoms. The van der Waals surface area contributed by atoms with Crippen molar-refractivity contribution < 1.29 is 14.3 Å². The van der Waals surface area contributed by atoms with Gasteiger partial charge in [-0.2, -0.15) is 0 Å². The molecule has 1 saturated carbocycles. The molecule has 1 aromatic carbocycles. The van der Waals surface area contributed by atoms with E-state index in [0.717, 1.165) is 64.8 Å². The average molecular weight is 459 g/mol. The molecule has 1 aliphatic heterocycles. The Morgan fingerprint density at radius 3 is 2.39 bits per heavy atom. The molecule has 1 atom stereocenters. The van der Waals surface area contributed by atoms with Crippen molar-refractivity contribution in [1.29, 1.82) is 0 Å².